The van der Waals surface area contributed by atoms with Crippen LogP contribution in [0.4, 0.5) is 0 Å². The molecule has 2 fully saturated rings. The molecular weight excluding hydrogens is 256 g/mol. The third kappa shape index (κ3) is 3.61. The molecule has 6 heteroatoms. The van der Waals surface area contributed by atoms with E-state index in [0.29, 0.717) is 12.6 Å². The van der Waals surface area contributed by atoms with Gasteiger partial charge < -0.3 is 5.32 Å². The lowest BCUT2D eigenvalue weighted by Gasteiger charge is -2.28. The summed E-state index contributed by atoms with van der Waals surface area (Å²) >= 11 is 1.74. The molecule has 1 heterocycles. The minimum absolute atomic E-state index is 0.170. The highest BCUT2D eigenvalue weighted by atomic mass is 32.2. The fraction of sp³-hybridized carbons (Fsp3) is 0.909. The average Bonchev–Trinajstić information content (AvgIpc) is 2.76. The first-order valence-electron chi connectivity index (χ1n) is 6.25. The van der Waals surface area contributed by atoms with Crippen LogP contribution < -0.4 is 5.32 Å². The van der Waals surface area contributed by atoms with Gasteiger partial charge in [-0.15, -0.1) is 0 Å². The van der Waals surface area contributed by atoms with Crippen molar-refractivity contribution >= 4 is 26.8 Å². The lowest BCUT2D eigenvalue weighted by atomic mass is 10.1. The second-order valence-corrected chi connectivity index (χ2v) is 8.16. The van der Waals surface area contributed by atoms with Gasteiger partial charge in [-0.25, -0.2) is 8.42 Å². The van der Waals surface area contributed by atoms with E-state index in [-0.39, 0.29) is 11.5 Å². The molecule has 17 heavy (non-hydrogen) atoms. The molecule has 0 bridgehead atoms. The fourth-order valence-electron chi connectivity index (χ4n) is 2.33. The van der Waals surface area contributed by atoms with Gasteiger partial charge in [0.1, 0.15) is 0 Å². The summed E-state index contributed by atoms with van der Waals surface area (Å²) < 4.78 is 22.7. The van der Waals surface area contributed by atoms with Gasteiger partial charge in [-0.05, 0) is 18.8 Å². The molecule has 2 aliphatic rings. The standard InChI is InChI=1S/C11H20N2O2S2/c1-2-17(14,15)7-6-12-11-13-10-5-3-4-9(10)8-16-11/h9-10H,2-8H2,1H3,(H,12,13). The first-order chi connectivity index (χ1) is 8.11. The van der Waals surface area contributed by atoms with Crippen LogP contribution in [0.1, 0.15) is 26.2 Å². The van der Waals surface area contributed by atoms with Crippen LogP contribution in [0.15, 0.2) is 4.99 Å². The van der Waals surface area contributed by atoms with Crippen LogP contribution in [-0.4, -0.2) is 43.4 Å². The van der Waals surface area contributed by atoms with Gasteiger partial charge in [0.25, 0.3) is 0 Å². The summed E-state index contributed by atoms with van der Waals surface area (Å²) in [6.07, 6.45) is 3.86. The number of thioether (sulfide) groups is 1. The van der Waals surface area contributed by atoms with Crippen molar-refractivity contribution in [3.05, 3.63) is 0 Å². The molecule has 0 aromatic heterocycles. The molecule has 0 aromatic rings. The summed E-state index contributed by atoms with van der Waals surface area (Å²) in [7, 11) is -2.88. The van der Waals surface area contributed by atoms with Gasteiger partial charge in [-0.2, -0.15) is 0 Å². The molecule has 0 amide bonds. The Morgan fingerprint density at radius 2 is 2.29 bits per heavy atom. The number of hydrogen-bond acceptors (Lipinski definition) is 4. The maximum absolute atomic E-state index is 11.3. The molecule has 1 saturated carbocycles. The predicted molar refractivity (Wildman–Crippen MR) is 73.4 cm³/mol. The fourth-order valence-corrected chi connectivity index (χ4v) is 4.18. The van der Waals surface area contributed by atoms with Crippen molar-refractivity contribution in [2.24, 2.45) is 10.9 Å². The zero-order valence-electron chi connectivity index (χ0n) is 10.2. The molecule has 4 nitrogen and oxygen atoms in total. The Labute approximate surface area is 108 Å². The van der Waals surface area contributed by atoms with E-state index in [1.807, 2.05) is 0 Å². The Balaban J connectivity index is 1.82. The van der Waals surface area contributed by atoms with Crippen LogP contribution in [0.5, 0.6) is 0 Å². The first kappa shape index (κ1) is 13.2. The minimum atomic E-state index is -2.88. The SMILES string of the molecule is CCS(=O)(=O)CCN=C1NC2CCCC2CS1. The molecule has 2 atom stereocenters. The molecule has 1 N–H and O–H groups in total. The van der Waals surface area contributed by atoms with Gasteiger partial charge in [0.05, 0.1) is 12.3 Å². The molecule has 98 valence electrons. The zero-order chi connectivity index (χ0) is 12.3. The lowest BCUT2D eigenvalue weighted by molar-refractivity contribution is 0.490. The van der Waals surface area contributed by atoms with Crippen LogP contribution >= 0.6 is 11.8 Å². The molecule has 0 aromatic carbocycles. The van der Waals surface area contributed by atoms with Crippen molar-refractivity contribution < 1.29 is 8.42 Å². The van der Waals surface area contributed by atoms with Gasteiger partial charge in [-0.1, -0.05) is 25.1 Å². The van der Waals surface area contributed by atoms with E-state index in [9.17, 15) is 8.42 Å². The third-order valence-corrected chi connectivity index (χ3v) is 6.30. The second kappa shape index (κ2) is 5.61. The van der Waals surface area contributed by atoms with Crippen molar-refractivity contribution in [1.29, 1.82) is 0 Å². The van der Waals surface area contributed by atoms with Crippen molar-refractivity contribution in [3.8, 4) is 0 Å². The monoisotopic (exact) mass is 276 g/mol. The zero-order valence-corrected chi connectivity index (χ0v) is 11.8. The summed E-state index contributed by atoms with van der Waals surface area (Å²) in [5.74, 6) is 2.31. The van der Waals surface area contributed by atoms with Crippen molar-refractivity contribution in [2.75, 3.05) is 23.8 Å². The molecule has 0 radical (unpaired) electrons. The molecule has 1 saturated heterocycles. The Morgan fingerprint density at radius 1 is 1.47 bits per heavy atom. The Kier molecular flexibility index (Phi) is 4.36. The molecule has 2 unspecified atom stereocenters. The van der Waals surface area contributed by atoms with E-state index in [1.165, 1.54) is 19.3 Å². The number of hydrogen-bond donors (Lipinski definition) is 1. The van der Waals surface area contributed by atoms with E-state index < -0.39 is 9.84 Å². The highest BCUT2D eigenvalue weighted by molar-refractivity contribution is 8.13. The largest absolute Gasteiger partial charge is 0.362 e. The number of fused-ring (bicyclic) bond motifs is 1. The Bertz CT molecular complexity index is 392. The maximum atomic E-state index is 11.3. The van der Waals surface area contributed by atoms with E-state index in [4.69, 9.17) is 0 Å². The van der Waals surface area contributed by atoms with Crippen LogP contribution in [0.2, 0.25) is 0 Å². The number of nitrogens with zero attached hydrogens (tertiary/aromatic N) is 1. The molecule has 1 aliphatic heterocycles. The highest BCUT2D eigenvalue weighted by Gasteiger charge is 2.31. The Morgan fingerprint density at radius 3 is 3.06 bits per heavy atom. The summed E-state index contributed by atoms with van der Waals surface area (Å²) in [4.78, 5) is 4.37. The number of aliphatic imine (C=N–C) groups is 1. The van der Waals surface area contributed by atoms with E-state index in [0.717, 1.165) is 16.8 Å². The molecule has 2 rings (SSSR count). The van der Waals surface area contributed by atoms with Crippen molar-refractivity contribution in [2.45, 2.75) is 32.2 Å². The van der Waals surface area contributed by atoms with Crippen LogP contribution in [0.25, 0.3) is 0 Å². The lowest BCUT2D eigenvalue weighted by Crippen LogP contribution is -2.41. The van der Waals surface area contributed by atoms with Crippen LogP contribution in [0, 0.1) is 5.92 Å². The van der Waals surface area contributed by atoms with Gasteiger partial charge in [0, 0.05) is 17.5 Å². The number of sulfone groups is 1. The number of rotatable bonds is 4. The van der Waals surface area contributed by atoms with Crippen molar-refractivity contribution in [1.82, 2.24) is 5.32 Å². The summed E-state index contributed by atoms with van der Waals surface area (Å²) in [5, 5.41) is 4.38. The van der Waals surface area contributed by atoms with Crippen LogP contribution in [-0.2, 0) is 9.84 Å². The normalized spacial score (nSPS) is 31.2. The van der Waals surface area contributed by atoms with Gasteiger partial charge in [0.15, 0.2) is 15.0 Å². The Hall–Kier alpha value is -0.230. The van der Waals surface area contributed by atoms with E-state index >= 15 is 0 Å². The maximum Gasteiger partial charge on any atom is 0.156 e. The van der Waals surface area contributed by atoms with Crippen molar-refractivity contribution in [3.63, 3.8) is 0 Å². The third-order valence-electron chi connectivity index (χ3n) is 3.50. The van der Waals surface area contributed by atoms with Gasteiger partial charge >= 0.3 is 0 Å². The van der Waals surface area contributed by atoms with Gasteiger partial charge in [0.2, 0.25) is 0 Å². The second-order valence-electron chi connectivity index (χ2n) is 4.68. The highest BCUT2D eigenvalue weighted by Crippen LogP contribution is 2.32. The number of amidine groups is 1. The minimum Gasteiger partial charge on any atom is -0.362 e. The first-order valence-corrected chi connectivity index (χ1v) is 9.05. The van der Waals surface area contributed by atoms with E-state index in [2.05, 4.69) is 10.3 Å². The smallest absolute Gasteiger partial charge is 0.156 e. The average molecular weight is 276 g/mol. The molecular formula is C11H20N2O2S2. The summed E-state index contributed by atoms with van der Waals surface area (Å²) in [5.41, 5.74) is 0. The van der Waals surface area contributed by atoms with E-state index in [1.54, 1.807) is 18.7 Å². The molecule has 0 spiro atoms. The van der Waals surface area contributed by atoms with Crippen LogP contribution in [0.3, 0.4) is 0 Å². The summed E-state index contributed by atoms with van der Waals surface area (Å²) in [6, 6.07) is 0.581. The van der Waals surface area contributed by atoms with Gasteiger partial charge in [-0.3, -0.25) is 4.99 Å². The topological polar surface area (TPSA) is 58.5 Å². The quantitative estimate of drug-likeness (QED) is 0.840. The predicted octanol–water partition coefficient (Wildman–Crippen LogP) is 1.28. The number of nitrogens with one attached hydrogen (secondary N) is 1. The summed E-state index contributed by atoms with van der Waals surface area (Å²) in [6.45, 7) is 2.07. The molecule has 1 aliphatic carbocycles.